The minimum absolute atomic E-state index is 0.102. The zero-order chi connectivity index (χ0) is 15.0. The first-order chi connectivity index (χ1) is 9.38. The lowest BCUT2D eigenvalue weighted by molar-refractivity contribution is 0.408. The Kier molecular flexibility index (Phi) is 3.62. The van der Waals surface area contributed by atoms with Crippen molar-refractivity contribution < 1.29 is 14.9 Å². The lowest BCUT2D eigenvalue weighted by atomic mass is 9.89. The van der Waals surface area contributed by atoms with E-state index in [1.807, 2.05) is 27.7 Å². The highest BCUT2D eigenvalue weighted by atomic mass is 16.5. The van der Waals surface area contributed by atoms with E-state index in [9.17, 15) is 10.2 Å². The first kappa shape index (κ1) is 14.3. The van der Waals surface area contributed by atoms with E-state index < -0.39 is 0 Å². The Balaban J connectivity index is 2.76. The third-order valence-electron chi connectivity index (χ3n) is 4.13. The maximum Gasteiger partial charge on any atom is 0.127 e. The molecule has 0 unspecified atom stereocenters. The van der Waals surface area contributed by atoms with E-state index in [0.717, 1.165) is 22.3 Å². The molecule has 106 valence electrons. The van der Waals surface area contributed by atoms with Crippen LogP contribution in [-0.4, -0.2) is 17.3 Å². The Morgan fingerprint density at radius 1 is 0.850 bits per heavy atom. The molecule has 0 aliphatic heterocycles. The van der Waals surface area contributed by atoms with Gasteiger partial charge in [0, 0.05) is 17.2 Å². The van der Waals surface area contributed by atoms with Crippen LogP contribution in [0.1, 0.15) is 22.3 Å². The van der Waals surface area contributed by atoms with Gasteiger partial charge in [-0.3, -0.25) is 0 Å². The highest BCUT2D eigenvalue weighted by Gasteiger charge is 2.18. The fraction of sp³-hybridized carbons (Fsp3) is 0.294. The smallest absolute Gasteiger partial charge is 0.127 e. The van der Waals surface area contributed by atoms with Gasteiger partial charge in [-0.25, -0.2) is 0 Å². The average Bonchev–Trinajstić information content (AvgIpc) is 2.44. The van der Waals surface area contributed by atoms with Crippen LogP contribution in [0.4, 0.5) is 0 Å². The van der Waals surface area contributed by atoms with Gasteiger partial charge in [-0.15, -0.1) is 0 Å². The van der Waals surface area contributed by atoms with Gasteiger partial charge >= 0.3 is 0 Å². The van der Waals surface area contributed by atoms with Gasteiger partial charge in [-0.2, -0.15) is 0 Å². The van der Waals surface area contributed by atoms with Crippen LogP contribution in [0.15, 0.2) is 18.2 Å². The summed E-state index contributed by atoms with van der Waals surface area (Å²) in [6.07, 6.45) is 0. The van der Waals surface area contributed by atoms with E-state index >= 15 is 0 Å². The summed E-state index contributed by atoms with van der Waals surface area (Å²) in [6.45, 7) is 7.87. The van der Waals surface area contributed by atoms with Crippen LogP contribution >= 0.6 is 0 Å². The third-order valence-corrected chi connectivity index (χ3v) is 4.13. The van der Waals surface area contributed by atoms with Gasteiger partial charge in [-0.1, -0.05) is 0 Å². The topological polar surface area (TPSA) is 49.7 Å². The fourth-order valence-electron chi connectivity index (χ4n) is 2.47. The number of hydrogen-bond donors (Lipinski definition) is 2. The number of benzene rings is 2. The molecule has 0 saturated heterocycles. The minimum Gasteiger partial charge on any atom is -0.507 e. The maximum atomic E-state index is 10.4. The van der Waals surface area contributed by atoms with Gasteiger partial charge in [0.2, 0.25) is 0 Å². The zero-order valence-corrected chi connectivity index (χ0v) is 12.5. The molecular weight excluding hydrogens is 252 g/mol. The Hall–Kier alpha value is -2.16. The zero-order valence-electron chi connectivity index (χ0n) is 12.5. The van der Waals surface area contributed by atoms with Gasteiger partial charge in [0.1, 0.15) is 17.2 Å². The number of rotatable bonds is 2. The summed E-state index contributed by atoms with van der Waals surface area (Å²) in [7, 11) is 1.55. The van der Waals surface area contributed by atoms with E-state index in [2.05, 4.69) is 0 Å². The average molecular weight is 272 g/mol. The molecule has 2 N–H and O–H groups in total. The van der Waals surface area contributed by atoms with Crippen molar-refractivity contribution in [2.45, 2.75) is 27.7 Å². The lowest BCUT2D eigenvalue weighted by Gasteiger charge is -2.18. The quantitative estimate of drug-likeness (QED) is 0.868. The second-order valence-electron chi connectivity index (χ2n) is 5.11. The summed E-state index contributed by atoms with van der Waals surface area (Å²) in [5.41, 5.74) is 5.34. The number of methoxy groups -OCH3 is 1. The van der Waals surface area contributed by atoms with E-state index in [1.54, 1.807) is 25.3 Å². The van der Waals surface area contributed by atoms with Gasteiger partial charge in [-0.05, 0) is 62.1 Å². The van der Waals surface area contributed by atoms with Crippen molar-refractivity contribution in [2.75, 3.05) is 7.11 Å². The van der Waals surface area contributed by atoms with E-state index in [1.165, 1.54) is 0 Å². The molecule has 0 aromatic heterocycles. The predicted octanol–water partition coefficient (Wildman–Crippen LogP) is 4.01. The van der Waals surface area contributed by atoms with Crippen LogP contribution in [0.5, 0.6) is 17.2 Å². The molecule has 0 aliphatic carbocycles. The SMILES string of the molecule is COc1ccc(-c2c(C)c(C)c(C)c(C)c2O)c(O)c1. The Morgan fingerprint density at radius 2 is 1.45 bits per heavy atom. The summed E-state index contributed by atoms with van der Waals surface area (Å²) in [5, 5.41) is 20.6. The largest absolute Gasteiger partial charge is 0.507 e. The Bertz CT molecular complexity index is 643. The van der Waals surface area contributed by atoms with Crippen molar-refractivity contribution in [1.82, 2.24) is 0 Å². The van der Waals surface area contributed by atoms with Crippen molar-refractivity contribution in [3.8, 4) is 28.4 Å². The number of phenolic OH excluding ortho intramolecular Hbond substituents is 2. The van der Waals surface area contributed by atoms with E-state index in [-0.39, 0.29) is 11.5 Å². The summed E-state index contributed by atoms with van der Waals surface area (Å²) >= 11 is 0. The molecular formula is C17H20O3. The van der Waals surface area contributed by atoms with E-state index in [4.69, 9.17) is 4.74 Å². The standard InChI is InChI=1S/C17H20O3/c1-9-10(2)12(4)17(19)16(11(9)3)14-7-6-13(20-5)8-15(14)18/h6-8,18-19H,1-5H3. The van der Waals surface area contributed by atoms with Crippen molar-refractivity contribution in [1.29, 1.82) is 0 Å². The molecule has 0 atom stereocenters. The molecule has 0 saturated carbocycles. The monoisotopic (exact) mass is 272 g/mol. The Labute approximate surface area is 119 Å². The molecule has 20 heavy (non-hydrogen) atoms. The molecule has 0 spiro atoms. The first-order valence-electron chi connectivity index (χ1n) is 6.55. The van der Waals surface area contributed by atoms with Gasteiger partial charge < -0.3 is 14.9 Å². The van der Waals surface area contributed by atoms with Gasteiger partial charge in [0.15, 0.2) is 0 Å². The van der Waals surface area contributed by atoms with Crippen LogP contribution in [0.3, 0.4) is 0 Å². The predicted molar refractivity (Wildman–Crippen MR) is 80.7 cm³/mol. The second-order valence-corrected chi connectivity index (χ2v) is 5.11. The third kappa shape index (κ3) is 2.09. The van der Waals surface area contributed by atoms with Gasteiger partial charge in [0.05, 0.1) is 7.11 Å². The molecule has 2 rings (SSSR count). The minimum atomic E-state index is 0.102. The van der Waals surface area contributed by atoms with Gasteiger partial charge in [0.25, 0.3) is 0 Å². The molecule has 0 bridgehead atoms. The van der Waals surface area contributed by atoms with Crippen LogP contribution in [-0.2, 0) is 0 Å². The van der Waals surface area contributed by atoms with Crippen LogP contribution in [0.25, 0.3) is 11.1 Å². The highest BCUT2D eigenvalue weighted by molar-refractivity contribution is 5.81. The number of aromatic hydroxyl groups is 2. The number of ether oxygens (including phenoxy) is 1. The van der Waals surface area contributed by atoms with Crippen molar-refractivity contribution in [3.63, 3.8) is 0 Å². The molecule has 2 aromatic carbocycles. The summed E-state index contributed by atoms with van der Waals surface area (Å²) in [4.78, 5) is 0. The lowest BCUT2D eigenvalue weighted by Crippen LogP contribution is -1.96. The molecule has 0 heterocycles. The van der Waals surface area contributed by atoms with Crippen molar-refractivity contribution in [2.24, 2.45) is 0 Å². The molecule has 0 amide bonds. The second kappa shape index (κ2) is 5.08. The molecule has 0 fully saturated rings. The molecule has 3 nitrogen and oxygen atoms in total. The molecule has 0 aliphatic rings. The van der Waals surface area contributed by atoms with Crippen molar-refractivity contribution >= 4 is 0 Å². The van der Waals surface area contributed by atoms with E-state index in [0.29, 0.717) is 16.9 Å². The first-order valence-corrected chi connectivity index (χ1v) is 6.55. The molecule has 0 radical (unpaired) electrons. The number of phenols is 2. The molecule has 2 aromatic rings. The maximum absolute atomic E-state index is 10.4. The summed E-state index contributed by atoms with van der Waals surface area (Å²) in [6, 6.07) is 5.10. The fourth-order valence-corrected chi connectivity index (χ4v) is 2.47. The normalized spacial score (nSPS) is 10.7. The highest BCUT2D eigenvalue weighted by Crippen LogP contribution is 2.43. The van der Waals surface area contributed by atoms with Crippen LogP contribution in [0.2, 0.25) is 0 Å². The Morgan fingerprint density at radius 3 is 2.00 bits per heavy atom. The van der Waals surface area contributed by atoms with Crippen LogP contribution in [0, 0.1) is 27.7 Å². The summed E-state index contributed by atoms with van der Waals surface area (Å²) in [5.74, 6) is 0.917. The number of hydrogen-bond acceptors (Lipinski definition) is 3. The van der Waals surface area contributed by atoms with Crippen LogP contribution < -0.4 is 4.74 Å². The molecule has 3 heteroatoms. The summed E-state index contributed by atoms with van der Waals surface area (Å²) < 4.78 is 5.09. The van der Waals surface area contributed by atoms with Crippen molar-refractivity contribution in [3.05, 3.63) is 40.5 Å².